The highest BCUT2D eigenvalue weighted by molar-refractivity contribution is 6.01. The largest absolute Gasteiger partial charge is 0.310 e. The Labute approximate surface area is 73.3 Å². The molecule has 1 atom stereocenters. The summed E-state index contributed by atoms with van der Waals surface area (Å²) in [6.45, 7) is 2.71. The van der Waals surface area contributed by atoms with Gasteiger partial charge in [0, 0.05) is 12.1 Å². The smallest absolute Gasteiger partial charge is 0.155 e. The van der Waals surface area contributed by atoms with Gasteiger partial charge in [0.15, 0.2) is 5.78 Å². The Bertz CT molecular complexity index is 201. The maximum Gasteiger partial charge on any atom is 0.155 e. The summed E-state index contributed by atoms with van der Waals surface area (Å²) in [4.78, 5) is 13.6. The van der Waals surface area contributed by atoms with E-state index in [9.17, 15) is 4.79 Å². The minimum atomic E-state index is 0.0882. The Morgan fingerprint density at radius 2 is 2.33 bits per heavy atom. The number of carbonyl (C=O) groups is 1. The van der Waals surface area contributed by atoms with Gasteiger partial charge in [0.1, 0.15) is 0 Å². The number of Topliss-reactive ketones (excluding diaryl/α,β-unsaturated/α-hetero) is 1. The predicted octanol–water partition coefficient (Wildman–Crippen LogP) is 1.08. The van der Waals surface area contributed by atoms with Crippen molar-refractivity contribution < 1.29 is 4.79 Å². The minimum Gasteiger partial charge on any atom is -0.310 e. The van der Waals surface area contributed by atoms with Crippen molar-refractivity contribution in [1.82, 2.24) is 4.90 Å². The van der Waals surface area contributed by atoms with Crippen LogP contribution < -0.4 is 0 Å². The normalized spacial score (nSPS) is 24.3. The molecule has 1 aliphatic rings. The van der Waals surface area contributed by atoms with Gasteiger partial charge >= 0.3 is 0 Å². The summed E-state index contributed by atoms with van der Waals surface area (Å²) in [5.74, 6) is 0.211. The van der Waals surface area contributed by atoms with Gasteiger partial charge in [-0.1, -0.05) is 0 Å². The van der Waals surface area contributed by atoms with E-state index in [0.717, 1.165) is 19.4 Å². The summed E-state index contributed by atoms with van der Waals surface area (Å²) < 4.78 is 0. The first kappa shape index (κ1) is 9.39. The zero-order chi connectivity index (χ0) is 9.14. The number of hydrogen-bond acceptors (Lipinski definition) is 3. The number of likely N-dealkylation sites (N-methyl/N-ethyl adjacent to an activating group) is 1. The third-order valence-corrected chi connectivity index (χ3v) is 2.33. The average Bonchev–Trinajstić information content (AvgIpc) is 2.33. The first-order valence-corrected chi connectivity index (χ1v) is 4.38. The Morgan fingerprint density at radius 3 is 2.75 bits per heavy atom. The van der Waals surface area contributed by atoms with Gasteiger partial charge < -0.3 is 5.41 Å². The number of nitrogens with one attached hydrogen (secondary N) is 1. The number of rotatable bonds is 3. The van der Waals surface area contributed by atoms with E-state index in [0.29, 0.717) is 12.1 Å². The van der Waals surface area contributed by atoms with Gasteiger partial charge in [-0.25, -0.2) is 0 Å². The van der Waals surface area contributed by atoms with E-state index in [1.807, 2.05) is 7.05 Å². The second-order valence-electron chi connectivity index (χ2n) is 3.56. The van der Waals surface area contributed by atoms with Crippen LogP contribution in [-0.2, 0) is 4.79 Å². The monoisotopic (exact) mass is 168 g/mol. The van der Waals surface area contributed by atoms with Crippen LogP contribution in [0.2, 0.25) is 0 Å². The molecule has 3 nitrogen and oxygen atoms in total. The summed E-state index contributed by atoms with van der Waals surface area (Å²) in [5, 5.41) is 7.22. The molecule has 0 saturated carbocycles. The SMILES string of the molecule is CC(=N)CC(=O)[C@@H]1CCCN1C. The van der Waals surface area contributed by atoms with Crippen molar-refractivity contribution in [2.24, 2.45) is 0 Å². The maximum atomic E-state index is 11.5. The Morgan fingerprint density at radius 1 is 1.67 bits per heavy atom. The quantitative estimate of drug-likeness (QED) is 0.641. The number of carbonyl (C=O) groups excluding carboxylic acids is 1. The summed E-state index contributed by atoms with van der Waals surface area (Å²) in [6.07, 6.45) is 2.42. The van der Waals surface area contributed by atoms with E-state index in [-0.39, 0.29) is 11.8 Å². The summed E-state index contributed by atoms with van der Waals surface area (Å²) in [6, 6.07) is 0.0882. The molecule has 0 aromatic rings. The molecule has 3 heteroatoms. The van der Waals surface area contributed by atoms with E-state index in [1.165, 1.54) is 0 Å². The van der Waals surface area contributed by atoms with Crippen molar-refractivity contribution in [3.63, 3.8) is 0 Å². The molecule has 0 aromatic heterocycles. The van der Waals surface area contributed by atoms with Gasteiger partial charge in [0.2, 0.25) is 0 Å². The third kappa shape index (κ3) is 2.14. The lowest BCUT2D eigenvalue weighted by Crippen LogP contribution is -2.33. The molecule has 1 rings (SSSR count). The van der Waals surface area contributed by atoms with Gasteiger partial charge in [-0.05, 0) is 33.4 Å². The van der Waals surface area contributed by atoms with Crippen molar-refractivity contribution >= 4 is 11.5 Å². The van der Waals surface area contributed by atoms with Crippen LogP contribution in [-0.4, -0.2) is 36.0 Å². The molecule has 0 aromatic carbocycles. The summed E-state index contributed by atoms with van der Waals surface area (Å²) >= 11 is 0. The third-order valence-electron chi connectivity index (χ3n) is 2.33. The first-order valence-electron chi connectivity index (χ1n) is 4.38. The minimum absolute atomic E-state index is 0.0882. The molecule has 0 radical (unpaired) electrons. The molecule has 0 amide bonds. The molecule has 1 fully saturated rings. The first-order chi connectivity index (χ1) is 5.61. The fourth-order valence-corrected chi connectivity index (χ4v) is 1.70. The molecule has 1 N–H and O–H groups in total. The van der Waals surface area contributed by atoms with Crippen molar-refractivity contribution in [1.29, 1.82) is 5.41 Å². The van der Waals surface area contributed by atoms with Crippen molar-refractivity contribution in [3.05, 3.63) is 0 Å². The van der Waals surface area contributed by atoms with Gasteiger partial charge in [0.05, 0.1) is 6.04 Å². The molecule has 12 heavy (non-hydrogen) atoms. The van der Waals surface area contributed by atoms with Crippen LogP contribution in [0.1, 0.15) is 26.2 Å². The standard InChI is InChI=1S/C9H16N2O/c1-7(10)6-9(12)8-4-3-5-11(8)2/h8,10H,3-6H2,1-2H3/t8-/m0/s1. The lowest BCUT2D eigenvalue weighted by Gasteiger charge is -2.17. The highest BCUT2D eigenvalue weighted by Crippen LogP contribution is 2.16. The van der Waals surface area contributed by atoms with Crippen LogP contribution in [0.5, 0.6) is 0 Å². The van der Waals surface area contributed by atoms with Crippen molar-refractivity contribution in [2.45, 2.75) is 32.2 Å². The Kier molecular flexibility index (Phi) is 2.98. The summed E-state index contributed by atoms with van der Waals surface area (Å²) in [5.41, 5.74) is 0.472. The van der Waals surface area contributed by atoms with Crippen LogP contribution in [0.3, 0.4) is 0 Å². The summed E-state index contributed by atoms with van der Waals surface area (Å²) in [7, 11) is 1.98. The molecular weight excluding hydrogens is 152 g/mol. The molecule has 68 valence electrons. The lowest BCUT2D eigenvalue weighted by atomic mass is 10.1. The molecule has 0 aliphatic carbocycles. The zero-order valence-electron chi connectivity index (χ0n) is 7.76. The molecule has 0 unspecified atom stereocenters. The Hall–Kier alpha value is -0.700. The van der Waals surface area contributed by atoms with Gasteiger partial charge in [-0.15, -0.1) is 0 Å². The predicted molar refractivity (Wildman–Crippen MR) is 48.7 cm³/mol. The van der Waals surface area contributed by atoms with E-state index < -0.39 is 0 Å². The number of ketones is 1. The van der Waals surface area contributed by atoms with Gasteiger partial charge in [-0.3, -0.25) is 9.69 Å². The highest BCUT2D eigenvalue weighted by Gasteiger charge is 2.27. The van der Waals surface area contributed by atoms with E-state index in [1.54, 1.807) is 6.92 Å². The van der Waals surface area contributed by atoms with E-state index in [4.69, 9.17) is 5.41 Å². The second kappa shape index (κ2) is 3.81. The topological polar surface area (TPSA) is 44.2 Å². The van der Waals surface area contributed by atoms with E-state index in [2.05, 4.69) is 4.90 Å². The molecule has 1 heterocycles. The number of hydrogen-bond donors (Lipinski definition) is 1. The molecule has 0 bridgehead atoms. The fraction of sp³-hybridized carbons (Fsp3) is 0.778. The van der Waals surface area contributed by atoms with Crippen molar-refractivity contribution in [2.75, 3.05) is 13.6 Å². The molecular formula is C9H16N2O. The highest BCUT2D eigenvalue weighted by atomic mass is 16.1. The average molecular weight is 168 g/mol. The van der Waals surface area contributed by atoms with Gasteiger partial charge in [-0.2, -0.15) is 0 Å². The fourth-order valence-electron chi connectivity index (χ4n) is 1.70. The van der Waals surface area contributed by atoms with Crippen LogP contribution >= 0.6 is 0 Å². The van der Waals surface area contributed by atoms with E-state index >= 15 is 0 Å². The lowest BCUT2D eigenvalue weighted by molar-refractivity contribution is -0.121. The van der Waals surface area contributed by atoms with Crippen LogP contribution in [0.25, 0.3) is 0 Å². The van der Waals surface area contributed by atoms with Crippen LogP contribution in [0.15, 0.2) is 0 Å². The maximum absolute atomic E-state index is 11.5. The number of nitrogens with zero attached hydrogens (tertiary/aromatic N) is 1. The molecule has 0 spiro atoms. The zero-order valence-corrected chi connectivity index (χ0v) is 7.76. The molecule has 1 saturated heterocycles. The van der Waals surface area contributed by atoms with Gasteiger partial charge in [0.25, 0.3) is 0 Å². The van der Waals surface area contributed by atoms with Crippen molar-refractivity contribution in [3.8, 4) is 0 Å². The van der Waals surface area contributed by atoms with Crippen LogP contribution in [0, 0.1) is 5.41 Å². The van der Waals surface area contributed by atoms with Crippen LogP contribution in [0.4, 0.5) is 0 Å². The molecule has 1 aliphatic heterocycles. The Balaban J connectivity index is 2.46. The number of likely N-dealkylation sites (tertiary alicyclic amines) is 1. The second-order valence-corrected chi connectivity index (χ2v) is 3.56.